The standard InChI is InChI=1S/C92H151N23O24/c1-47(2)43-58(72(127)109-92(24,25)84(139)114-41-29-33-59(114)73(128)104-65(48(3)4)75(130)112-90(20,21)82(137)113-89(18,19)80(135)103-56(36-39-62(94)119)70(125)102-55(35-38-61(93)118)69(124)99-54(46-116)44-53-31-27-26-28-32-53)100-64(121)45-96-77(132)85(10,11)111-76(131)66(49(5)6)105-81(136)88(16,17)108-71(126)57(37-40-63(95)120)101-67(122)50(7)97-78(133)86(12,13)107-68(123)51(8)98-79(134)87(14,15)110-74(129)60-34-30-42-115(60)83(138)91(22,23)106-52(9)117/h26-28,31-32,47-51,54-60,65-66,116H,29-30,33-46H2,1-25H3,(H2,93,118)(H2,94,119)(H2,95,120)(H,96,132)(H,97,133)(H,98,134)(H,99,124)(H,100,121)(H,101,122)(H,102,125)(H,103,135)(H,104,128)(H,105,136)(H,106,117)(H,107,123)(H,108,126)(H,109,127)(H,110,129)(H,111,131)(H,112,130)(H,113,137). The Bertz CT molecular complexity index is 4700. The molecule has 2 fully saturated rings. The molecule has 0 saturated carbocycles. The molecule has 0 aromatic heterocycles. The quantitative estimate of drug-likeness (QED) is 0.0291. The molecule has 47 nitrogen and oxygen atoms in total. The first-order chi connectivity index (χ1) is 63.8. The molecular formula is C92H151N23O24. The lowest BCUT2D eigenvalue weighted by atomic mass is 9.96. The first-order valence-corrected chi connectivity index (χ1v) is 46.4. The van der Waals surface area contributed by atoms with Crippen LogP contribution in [0.15, 0.2) is 30.3 Å². The topological polar surface area (TPSA) is 714 Å². The summed E-state index contributed by atoms with van der Waals surface area (Å²) in [7, 11) is 0. The van der Waals surface area contributed by atoms with Crippen LogP contribution in [0.1, 0.15) is 249 Å². The van der Waals surface area contributed by atoms with Gasteiger partial charge in [0, 0.05) is 39.3 Å². The maximum Gasteiger partial charge on any atom is 0.248 e. The van der Waals surface area contributed by atoms with Crippen molar-refractivity contribution in [3.8, 4) is 0 Å². The summed E-state index contributed by atoms with van der Waals surface area (Å²) in [4.78, 5) is 315. The summed E-state index contributed by atoms with van der Waals surface area (Å²) in [6.07, 6.45) is -1.04. The normalized spacial score (nSPS) is 16.2. The van der Waals surface area contributed by atoms with Crippen LogP contribution >= 0.6 is 0 Å². The number of primary amides is 3. The number of aliphatic hydroxyl groups excluding tert-OH is 1. The predicted octanol–water partition coefficient (Wildman–Crippen LogP) is -4.94. The summed E-state index contributed by atoms with van der Waals surface area (Å²) in [5.74, 6) is -21.0. The summed E-state index contributed by atoms with van der Waals surface area (Å²) < 4.78 is 0. The fourth-order valence-electron chi connectivity index (χ4n) is 14.8. The van der Waals surface area contributed by atoms with Gasteiger partial charge in [-0.05, 0) is 206 Å². The van der Waals surface area contributed by atoms with Crippen LogP contribution in [0.3, 0.4) is 0 Å². The number of aliphatic hydroxyl groups is 1. The zero-order chi connectivity index (χ0) is 107. The van der Waals surface area contributed by atoms with Gasteiger partial charge >= 0.3 is 0 Å². The van der Waals surface area contributed by atoms with Crippen molar-refractivity contribution in [1.29, 1.82) is 0 Å². The Kier molecular flexibility index (Phi) is 44.1. The molecule has 11 unspecified atom stereocenters. The minimum absolute atomic E-state index is 0.00718. The number of nitrogens with two attached hydrogens (primary N) is 3. The first-order valence-electron chi connectivity index (χ1n) is 46.4. The number of likely N-dealkylation sites (tertiary alicyclic amines) is 2. The van der Waals surface area contributed by atoms with Crippen LogP contribution in [0.4, 0.5) is 0 Å². The lowest BCUT2D eigenvalue weighted by molar-refractivity contribution is -0.146. The molecule has 139 heavy (non-hydrogen) atoms. The van der Waals surface area contributed by atoms with Crippen molar-refractivity contribution in [3.63, 3.8) is 0 Å². The molecule has 23 amide bonds. The number of carbonyl (C=O) groups is 23. The highest BCUT2D eigenvalue weighted by atomic mass is 16.3. The third-order valence-electron chi connectivity index (χ3n) is 23.2. The molecule has 25 N–H and O–H groups in total. The van der Waals surface area contributed by atoms with E-state index in [1.165, 1.54) is 141 Å². The van der Waals surface area contributed by atoms with Crippen LogP contribution in [0.2, 0.25) is 0 Å². The van der Waals surface area contributed by atoms with Crippen LogP contribution in [-0.4, -0.2) is 288 Å². The number of benzene rings is 1. The van der Waals surface area contributed by atoms with E-state index >= 15 is 0 Å². The van der Waals surface area contributed by atoms with Gasteiger partial charge in [-0.3, -0.25) is 110 Å². The van der Waals surface area contributed by atoms with E-state index in [9.17, 15) is 115 Å². The number of nitrogens with one attached hydrogen (secondary N) is 18. The average Bonchev–Trinajstić information content (AvgIpc) is 1.63. The van der Waals surface area contributed by atoms with Gasteiger partial charge < -0.3 is 128 Å². The van der Waals surface area contributed by atoms with Crippen LogP contribution < -0.4 is 113 Å². The Morgan fingerprint density at radius 2 is 0.727 bits per heavy atom. The van der Waals surface area contributed by atoms with E-state index in [-0.39, 0.29) is 57.5 Å². The van der Waals surface area contributed by atoms with Gasteiger partial charge in [0.1, 0.15) is 105 Å². The zero-order valence-electron chi connectivity index (χ0n) is 84.7. The fraction of sp³-hybridized carbons (Fsp3) is 0.685. The van der Waals surface area contributed by atoms with Crippen LogP contribution in [-0.2, 0) is 117 Å². The van der Waals surface area contributed by atoms with Gasteiger partial charge in [0.25, 0.3) is 0 Å². The van der Waals surface area contributed by atoms with Crippen molar-refractivity contribution in [2.24, 2.45) is 35.0 Å². The summed E-state index contributed by atoms with van der Waals surface area (Å²) in [6.45, 7) is 34.0. The number of hydrogen-bond donors (Lipinski definition) is 22. The Balaban J connectivity index is 1.65. The Hall–Kier alpha value is -13.0. The molecule has 2 saturated heterocycles. The number of carbonyl (C=O) groups excluding carboxylic acids is 23. The van der Waals surface area contributed by atoms with Crippen molar-refractivity contribution in [2.45, 2.75) is 361 Å². The van der Waals surface area contributed by atoms with Crippen molar-refractivity contribution < 1.29 is 115 Å². The van der Waals surface area contributed by atoms with E-state index in [0.717, 1.165) is 5.56 Å². The third kappa shape index (κ3) is 37.3. The van der Waals surface area contributed by atoms with Gasteiger partial charge in [-0.15, -0.1) is 0 Å². The second-order valence-electron chi connectivity index (χ2n) is 40.9. The molecule has 2 heterocycles. The van der Waals surface area contributed by atoms with Gasteiger partial charge in [-0.1, -0.05) is 71.9 Å². The monoisotopic (exact) mass is 1960 g/mol. The van der Waals surface area contributed by atoms with Crippen LogP contribution in [0.25, 0.3) is 0 Å². The Morgan fingerprint density at radius 3 is 1.18 bits per heavy atom. The molecule has 1 aromatic rings. The molecule has 1 aromatic carbocycles. The smallest absolute Gasteiger partial charge is 0.248 e. The molecule has 0 aliphatic carbocycles. The summed E-state index contributed by atoms with van der Waals surface area (Å²) in [5, 5.41) is 56.0. The number of rotatable bonds is 53. The van der Waals surface area contributed by atoms with Crippen molar-refractivity contribution in [3.05, 3.63) is 35.9 Å². The minimum Gasteiger partial charge on any atom is -0.394 e. The highest BCUT2D eigenvalue weighted by Gasteiger charge is 2.49. The predicted molar refractivity (Wildman–Crippen MR) is 506 cm³/mol. The highest BCUT2D eigenvalue weighted by molar-refractivity contribution is 6.05. The molecule has 0 radical (unpaired) electrons. The zero-order valence-corrected chi connectivity index (χ0v) is 84.7. The van der Waals surface area contributed by atoms with E-state index < -0.39 is 297 Å². The lowest BCUT2D eigenvalue weighted by Gasteiger charge is -2.36. The molecule has 2 aliphatic heterocycles. The van der Waals surface area contributed by atoms with Gasteiger partial charge in [-0.25, -0.2) is 0 Å². The van der Waals surface area contributed by atoms with Crippen LogP contribution in [0, 0.1) is 17.8 Å². The van der Waals surface area contributed by atoms with Gasteiger partial charge in [-0.2, -0.15) is 0 Å². The van der Waals surface area contributed by atoms with E-state index in [4.69, 9.17) is 17.2 Å². The molecule has 11 atom stereocenters. The largest absolute Gasteiger partial charge is 0.394 e. The molecule has 47 heteroatoms. The van der Waals surface area contributed by atoms with Crippen LogP contribution in [0.5, 0.6) is 0 Å². The molecule has 3 rings (SSSR count). The molecule has 2 aliphatic rings. The molecular weight excluding hydrogens is 1810 g/mol. The second kappa shape index (κ2) is 51.1. The van der Waals surface area contributed by atoms with Gasteiger partial charge in [0.2, 0.25) is 136 Å². The Labute approximate surface area is 811 Å². The maximum absolute atomic E-state index is 14.6. The fourth-order valence-corrected chi connectivity index (χ4v) is 14.8. The second-order valence-corrected chi connectivity index (χ2v) is 40.9. The number of hydrogen-bond acceptors (Lipinski definition) is 24. The molecule has 0 bridgehead atoms. The number of amides is 23. The van der Waals surface area contributed by atoms with E-state index in [0.29, 0.717) is 12.8 Å². The van der Waals surface area contributed by atoms with Crippen molar-refractivity contribution in [2.75, 3.05) is 26.2 Å². The molecule has 0 spiro atoms. The lowest BCUT2D eigenvalue weighted by Crippen LogP contribution is -2.66. The van der Waals surface area contributed by atoms with E-state index in [1.54, 1.807) is 71.9 Å². The minimum atomic E-state index is -1.91. The average molecular weight is 1960 g/mol. The molecule has 778 valence electrons. The van der Waals surface area contributed by atoms with Gasteiger partial charge in [0.05, 0.1) is 19.2 Å². The third-order valence-corrected chi connectivity index (χ3v) is 23.2. The van der Waals surface area contributed by atoms with Crippen molar-refractivity contribution in [1.82, 2.24) is 106 Å². The van der Waals surface area contributed by atoms with E-state index in [2.05, 4.69) is 95.7 Å². The van der Waals surface area contributed by atoms with Crippen molar-refractivity contribution >= 4 is 136 Å². The SMILES string of the molecule is CC(=O)NC(C)(C)C(=O)N1CCCC1C(=O)NC(C)(C)C(=O)NC(C)C(=O)NC(C)(C)C(=O)NC(C)C(=O)NC(CCC(N)=O)C(=O)NC(C)(C)C(=O)NC(C(=O)NC(C)(C)C(=O)NCC(=O)NC(CC(C)C)C(=O)NC(C)(C)C(=O)N1CCCC1C(=O)NC(C(=O)NC(C)(C)C(=O)NC(C)(C)C(=O)NC(CCC(N)=O)C(=O)NC(CCC(N)=O)C(=O)NC(CO)Cc1ccccc1)C(C)C)C(C)C. The Morgan fingerprint density at radius 1 is 0.367 bits per heavy atom. The maximum atomic E-state index is 14.6. The number of nitrogens with zero attached hydrogens (tertiary/aromatic N) is 2. The first kappa shape index (κ1) is 120. The summed E-state index contributed by atoms with van der Waals surface area (Å²) in [6, 6.07) is -5.62. The van der Waals surface area contributed by atoms with Gasteiger partial charge in [0.15, 0.2) is 0 Å². The summed E-state index contributed by atoms with van der Waals surface area (Å²) in [5.41, 5.74) is 3.01. The van der Waals surface area contributed by atoms with E-state index in [1.807, 2.05) is 0 Å². The highest BCUT2D eigenvalue weighted by Crippen LogP contribution is 2.27. The summed E-state index contributed by atoms with van der Waals surface area (Å²) >= 11 is 0.